The van der Waals surface area contributed by atoms with Crippen molar-refractivity contribution in [3.05, 3.63) is 75.8 Å². The molecule has 0 heterocycles. The van der Waals surface area contributed by atoms with Crippen molar-refractivity contribution >= 4 is 41.2 Å². The first-order chi connectivity index (χ1) is 11.5. The zero-order valence-electron chi connectivity index (χ0n) is 12.7. The Morgan fingerprint density at radius 3 is 2.50 bits per heavy atom. The predicted octanol–water partition coefficient (Wildman–Crippen LogP) is 3.87. The fourth-order valence-corrected chi connectivity index (χ4v) is 2.12. The summed E-state index contributed by atoms with van der Waals surface area (Å²) < 4.78 is 4.87. The Bertz CT molecular complexity index is 745. The van der Waals surface area contributed by atoms with E-state index in [-0.39, 0.29) is 12.5 Å². The lowest BCUT2D eigenvalue weighted by atomic mass is 10.2. The minimum atomic E-state index is -0.615. The van der Waals surface area contributed by atoms with Crippen LogP contribution >= 0.6 is 23.2 Å². The van der Waals surface area contributed by atoms with Gasteiger partial charge in [0.2, 0.25) is 0 Å². The Morgan fingerprint density at radius 2 is 1.79 bits per heavy atom. The summed E-state index contributed by atoms with van der Waals surface area (Å²) in [4.78, 5) is 23.2. The molecular formula is C18H15Cl2NO3. The standard InChI is InChI=1S/C18H15Cl2NO3/c19-15-8-6-13(10-16(15)20)7-9-18(23)24-12-17(22)21-11-14-4-2-1-3-5-14/h1-10H,11-12H2,(H,21,22)/b9-7+. The summed E-state index contributed by atoms with van der Waals surface area (Å²) in [5.41, 5.74) is 1.67. The first-order valence-electron chi connectivity index (χ1n) is 7.15. The fourth-order valence-electron chi connectivity index (χ4n) is 1.81. The van der Waals surface area contributed by atoms with Crippen molar-refractivity contribution in [1.82, 2.24) is 5.32 Å². The van der Waals surface area contributed by atoms with Crippen LogP contribution in [-0.2, 0) is 20.9 Å². The second-order valence-corrected chi connectivity index (χ2v) is 5.69. The molecule has 0 radical (unpaired) electrons. The molecule has 0 saturated heterocycles. The Labute approximate surface area is 150 Å². The average molecular weight is 364 g/mol. The normalized spacial score (nSPS) is 10.6. The monoisotopic (exact) mass is 363 g/mol. The summed E-state index contributed by atoms with van der Waals surface area (Å²) in [7, 11) is 0. The molecule has 0 fully saturated rings. The van der Waals surface area contributed by atoms with Gasteiger partial charge < -0.3 is 10.1 Å². The number of esters is 1. The highest BCUT2D eigenvalue weighted by Gasteiger charge is 2.05. The third kappa shape index (κ3) is 6.07. The van der Waals surface area contributed by atoms with Gasteiger partial charge >= 0.3 is 5.97 Å². The van der Waals surface area contributed by atoms with Crippen LogP contribution in [0.2, 0.25) is 10.0 Å². The van der Waals surface area contributed by atoms with Crippen LogP contribution in [0.3, 0.4) is 0 Å². The highest BCUT2D eigenvalue weighted by atomic mass is 35.5. The van der Waals surface area contributed by atoms with Gasteiger partial charge in [0.05, 0.1) is 10.0 Å². The van der Waals surface area contributed by atoms with Crippen LogP contribution in [0.25, 0.3) is 6.08 Å². The van der Waals surface area contributed by atoms with Gasteiger partial charge in [-0.2, -0.15) is 0 Å². The van der Waals surface area contributed by atoms with E-state index in [0.717, 1.165) is 5.56 Å². The highest BCUT2D eigenvalue weighted by Crippen LogP contribution is 2.23. The third-order valence-electron chi connectivity index (χ3n) is 3.03. The van der Waals surface area contributed by atoms with Crippen molar-refractivity contribution in [3.8, 4) is 0 Å². The maximum Gasteiger partial charge on any atom is 0.331 e. The molecule has 2 rings (SSSR count). The molecule has 0 saturated carbocycles. The van der Waals surface area contributed by atoms with Crippen LogP contribution in [-0.4, -0.2) is 18.5 Å². The molecule has 4 nitrogen and oxygen atoms in total. The molecule has 0 aliphatic heterocycles. The molecular weight excluding hydrogens is 349 g/mol. The molecule has 124 valence electrons. The molecule has 2 aromatic rings. The molecule has 6 heteroatoms. The summed E-state index contributed by atoms with van der Waals surface area (Å²) in [5.74, 6) is -0.980. The second kappa shape index (κ2) is 9.11. The summed E-state index contributed by atoms with van der Waals surface area (Å²) in [6.45, 7) is 0.0493. The smallest absolute Gasteiger partial charge is 0.331 e. The van der Waals surface area contributed by atoms with E-state index in [4.69, 9.17) is 27.9 Å². The summed E-state index contributed by atoms with van der Waals surface area (Å²) in [6.07, 6.45) is 2.76. The quantitative estimate of drug-likeness (QED) is 0.626. The van der Waals surface area contributed by atoms with Gasteiger partial charge in [0.1, 0.15) is 0 Å². The number of rotatable bonds is 6. The summed E-state index contributed by atoms with van der Waals surface area (Å²) in [6, 6.07) is 14.4. The zero-order valence-corrected chi connectivity index (χ0v) is 14.2. The van der Waals surface area contributed by atoms with Gasteiger partial charge in [0, 0.05) is 12.6 Å². The van der Waals surface area contributed by atoms with Crippen LogP contribution in [0.1, 0.15) is 11.1 Å². The first-order valence-corrected chi connectivity index (χ1v) is 7.91. The zero-order chi connectivity index (χ0) is 17.4. The number of hydrogen-bond donors (Lipinski definition) is 1. The van der Waals surface area contributed by atoms with Gasteiger partial charge in [-0.05, 0) is 29.3 Å². The fraction of sp³-hybridized carbons (Fsp3) is 0.111. The Morgan fingerprint density at radius 1 is 1.04 bits per heavy atom. The van der Waals surface area contributed by atoms with Crippen LogP contribution in [0.5, 0.6) is 0 Å². The summed E-state index contributed by atoms with van der Waals surface area (Å²) >= 11 is 11.7. The highest BCUT2D eigenvalue weighted by molar-refractivity contribution is 6.42. The van der Waals surface area contributed by atoms with E-state index in [1.165, 1.54) is 12.2 Å². The molecule has 0 bridgehead atoms. The number of amides is 1. The number of carbonyl (C=O) groups is 2. The van der Waals surface area contributed by atoms with Crippen LogP contribution in [0.4, 0.5) is 0 Å². The lowest BCUT2D eigenvalue weighted by Crippen LogP contribution is -2.28. The molecule has 0 spiro atoms. The molecule has 0 aromatic heterocycles. The van der Waals surface area contributed by atoms with E-state index in [9.17, 15) is 9.59 Å². The maximum absolute atomic E-state index is 11.6. The number of benzene rings is 2. The molecule has 0 aliphatic rings. The molecule has 0 unspecified atom stereocenters. The third-order valence-corrected chi connectivity index (χ3v) is 3.77. The number of halogens is 2. The number of hydrogen-bond acceptors (Lipinski definition) is 3. The lowest BCUT2D eigenvalue weighted by Gasteiger charge is -2.05. The van der Waals surface area contributed by atoms with Crippen molar-refractivity contribution in [2.75, 3.05) is 6.61 Å². The van der Waals surface area contributed by atoms with Crippen molar-refractivity contribution < 1.29 is 14.3 Å². The Kier molecular flexibility index (Phi) is 6.85. The van der Waals surface area contributed by atoms with Gasteiger partial charge in [0.25, 0.3) is 5.91 Å². The van der Waals surface area contributed by atoms with Gasteiger partial charge in [-0.25, -0.2) is 4.79 Å². The van der Waals surface area contributed by atoms with E-state index in [1.54, 1.807) is 18.2 Å². The van der Waals surface area contributed by atoms with Crippen LogP contribution in [0.15, 0.2) is 54.6 Å². The number of nitrogens with one attached hydrogen (secondary N) is 1. The molecule has 2 aromatic carbocycles. The topological polar surface area (TPSA) is 55.4 Å². The van der Waals surface area contributed by atoms with Crippen molar-refractivity contribution in [2.24, 2.45) is 0 Å². The minimum absolute atomic E-state index is 0.336. The molecule has 0 atom stereocenters. The SMILES string of the molecule is O=C(COC(=O)/C=C/c1ccc(Cl)c(Cl)c1)NCc1ccccc1. The van der Waals surface area contributed by atoms with Crippen LogP contribution < -0.4 is 5.32 Å². The molecule has 1 amide bonds. The average Bonchev–Trinajstić information content (AvgIpc) is 2.60. The van der Waals surface area contributed by atoms with E-state index in [1.807, 2.05) is 30.3 Å². The molecule has 24 heavy (non-hydrogen) atoms. The van der Waals surface area contributed by atoms with Crippen molar-refractivity contribution in [1.29, 1.82) is 0 Å². The van der Waals surface area contributed by atoms with Crippen LogP contribution in [0, 0.1) is 0 Å². The Balaban J connectivity index is 1.75. The van der Waals surface area contributed by atoms with E-state index >= 15 is 0 Å². The first kappa shape index (κ1) is 18.0. The lowest BCUT2D eigenvalue weighted by molar-refractivity contribution is -0.143. The van der Waals surface area contributed by atoms with E-state index in [2.05, 4.69) is 5.32 Å². The van der Waals surface area contributed by atoms with Gasteiger partial charge in [0.15, 0.2) is 6.61 Å². The number of carbonyl (C=O) groups excluding carboxylic acids is 2. The van der Waals surface area contributed by atoms with Gasteiger partial charge in [-0.15, -0.1) is 0 Å². The second-order valence-electron chi connectivity index (χ2n) is 4.88. The van der Waals surface area contributed by atoms with Crippen molar-refractivity contribution in [2.45, 2.75) is 6.54 Å². The molecule has 1 N–H and O–H groups in total. The van der Waals surface area contributed by atoms with Gasteiger partial charge in [-0.1, -0.05) is 59.6 Å². The largest absolute Gasteiger partial charge is 0.452 e. The predicted molar refractivity (Wildman–Crippen MR) is 94.7 cm³/mol. The molecule has 0 aliphatic carbocycles. The maximum atomic E-state index is 11.6. The summed E-state index contributed by atoms with van der Waals surface area (Å²) in [5, 5.41) is 3.50. The van der Waals surface area contributed by atoms with E-state index in [0.29, 0.717) is 22.2 Å². The van der Waals surface area contributed by atoms with Crippen molar-refractivity contribution in [3.63, 3.8) is 0 Å². The minimum Gasteiger partial charge on any atom is -0.452 e. The van der Waals surface area contributed by atoms with Gasteiger partial charge in [-0.3, -0.25) is 4.79 Å². The number of ether oxygens (including phenoxy) is 1. The van der Waals surface area contributed by atoms with E-state index < -0.39 is 5.97 Å². The Hall–Kier alpha value is -2.30.